The molecule has 2 nitrogen and oxygen atoms in total. The van der Waals surface area contributed by atoms with E-state index in [1.807, 2.05) is 24.3 Å². The average Bonchev–Trinajstić information content (AvgIpc) is 2.35. The minimum atomic E-state index is 0.612. The molecule has 0 N–H and O–H groups in total. The van der Waals surface area contributed by atoms with Crippen LogP contribution in [0, 0.1) is 11.3 Å². The quantitative estimate of drug-likeness (QED) is 0.756. The van der Waals surface area contributed by atoms with Crippen molar-refractivity contribution >= 4 is 0 Å². The molecule has 1 aromatic rings. The molecule has 1 atom stereocenters. The molecule has 86 valence electrons. The fraction of sp³-hybridized carbons (Fsp3) is 0.500. The van der Waals surface area contributed by atoms with Crippen LogP contribution in [0.3, 0.4) is 0 Å². The highest BCUT2D eigenvalue weighted by Gasteiger charge is 2.09. The minimum Gasteiger partial charge on any atom is -0.297 e. The van der Waals surface area contributed by atoms with Gasteiger partial charge in [-0.1, -0.05) is 26.0 Å². The van der Waals surface area contributed by atoms with E-state index in [0.29, 0.717) is 6.04 Å². The number of nitrogens with zero attached hydrogens (tertiary/aromatic N) is 2. The minimum absolute atomic E-state index is 0.612. The first-order chi connectivity index (χ1) is 7.71. The molecule has 0 spiro atoms. The molecule has 0 aliphatic rings. The van der Waals surface area contributed by atoms with Gasteiger partial charge in [0.1, 0.15) is 0 Å². The van der Waals surface area contributed by atoms with Crippen LogP contribution in [0.1, 0.15) is 38.3 Å². The summed E-state index contributed by atoms with van der Waals surface area (Å²) in [6, 6.07) is 10.6. The predicted molar refractivity (Wildman–Crippen MR) is 67.0 cm³/mol. The number of rotatable bonds is 5. The van der Waals surface area contributed by atoms with Gasteiger partial charge in [0, 0.05) is 12.6 Å². The molecule has 1 unspecified atom stereocenters. The first kappa shape index (κ1) is 12.7. The maximum absolute atomic E-state index is 8.72. The van der Waals surface area contributed by atoms with E-state index in [9.17, 15) is 0 Å². The number of hydrogen-bond donors (Lipinski definition) is 0. The van der Waals surface area contributed by atoms with Crippen molar-refractivity contribution < 1.29 is 0 Å². The Kier molecular flexibility index (Phi) is 5.01. The van der Waals surface area contributed by atoms with Crippen molar-refractivity contribution in [3.63, 3.8) is 0 Å². The van der Waals surface area contributed by atoms with Gasteiger partial charge in [0.15, 0.2) is 0 Å². The summed E-state index contributed by atoms with van der Waals surface area (Å²) in [6.45, 7) is 8.70. The lowest BCUT2D eigenvalue weighted by Crippen LogP contribution is -2.31. The van der Waals surface area contributed by atoms with Crippen molar-refractivity contribution in [2.75, 3.05) is 6.54 Å². The lowest BCUT2D eigenvalue weighted by molar-refractivity contribution is 0.206. The molecule has 2 heteroatoms. The summed E-state index contributed by atoms with van der Waals surface area (Å²) < 4.78 is 0. The van der Waals surface area contributed by atoms with Crippen molar-refractivity contribution in [1.29, 1.82) is 5.26 Å². The molecule has 1 aromatic carbocycles. The third-order valence-corrected chi connectivity index (χ3v) is 3.09. The Balaban J connectivity index is 2.67. The molecule has 0 amide bonds. The van der Waals surface area contributed by atoms with E-state index < -0.39 is 0 Å². The third kappa shape index (κ3) is 3.36. The van der Waals surface area contributed by atoms with Gasteiger partial charge in [0.25, 0.3) is 0 Å². The molecule has 0 heterocycles. The predicted octanol–water partition coefficient (Wildman–Crippen LogP) is 3.18. The van der Waals surface area contributed by atoms with Crippen LogP contribution >= 0.6 is 0 Å². The largest absolute Gasteiger partial charge is 0.297 e. The van der Waals surface area contributed by atoms with Gasteiger partial charge in [-0.15, -0.1) is 0 Å². The molecule has 0 saturated heterocycles. The zero-order valence-corrected chi connectivity index (χ0v) is 10.4. The number of benzene rings is 1. The van der Waals surface area contributed by atoms with Crippen molar-refractivity contribution in [3.05, 3.63) is 35.4 Å². The molecule has 0 aromatic heterocycles. The Morgan fingerprint density at radius 2 is 1.88 bits per heavy atom. The molecule has 0 fully saturated rings. The normalized spacial score (nSPS) is 12.4. The molecule has 0 saturated carbocycles. The summed E-state index contributed by atoms with van der Waals surface area (Å²) in [5, 5.41) is 8.72. The molecular weight excluding hydrogens is 196 g/mol. The van der Waals surface area contributed by atoms with Gasteiger partial charge >= 0.3 is 0 Å². The maximum atomic E-state index is 8.72. The lowest BCUT2D eigenvalue weighted by atomic mass is 10.1. The van der Waals surface area contributed by atoms with Crippen LogP contribution in [0.4, 0.5) is 0 Å². The molecule has 0 radical (unpaired) electrons. The van der Waals surface area contributed by atoms with E-state index in [0.717, 1.165) is 18.7 Å². The summed E-state index contributed by atoms with van der Waals surface area (Å²) in [6.07, 6.45) is 1.17. The van der Waals surface area contributed by atoms with Crippen LogP contribution in [-0.2, 0) is 6.54 Å². The first-order valence-electron chi connectivity index (χ1n) is 5.94. The molecule has 16 heavy (non-hydrogen) atoms. The van der Waals surface area contributed by atoms with E-state index in [4.69, 9.17) is 5.26 Å². The molecule has 0 aliphatic heterocycles. The van der Waals surface area contributed by atoms with E-state index in [-0.39, 0.29) is 0 Å². The van der Waals surface area contributed by atoms with Crippen molar-refractivity contribution in [2.24, 2.45) is 0 Å². The van der Waals surface area contributed by atoms with Crippen LogP contribution in [0.5, 0.6) is 0 Å². The standard InChI is InChI=1S/C14H20N2/c1-4-12(3)16(5-2)11-14-8-6-13(10-15)7-9-14/h6-9,12H,4-5,11H2,1-3H3. The van der Waals surface area contributed by atoms with E-state index >= 15 is 0 Å². The highest BCUT2D eigenvalue weighted by atomic mass is 15.1. The Labute approximate surface area is 98.5 Å². The third-order valence-electron chi connectivity index (χ3n) is 3.09. The van der Waals surface area contributed by atoms with Gasteiger partial charge in [-0.2, -0.15) is 5.26 Å². The lowest BCUT2D eigenvalue weighted by Gasteiger charge is -2.26. The monoisotopic (exact) mass is 216 g/mol. The fourth-order valence-electron chi connectivity index (χ4n) is 1.76. The molecule has 0 bridgehead atoms. The zero-order valence-electron chi connectivity index (χ0n) is 10.4. The molecule has 0 aliphatic carbocycles. The van der Waals surface area contributed by atoms with E-state index in [1.54, 1.807) is 0 Å². The van der Waals surface area contributed by atoms with E-state index in [1.165, 1.54) is 12.0 Å². The second-order valence-electron chi connectivity index (χ2n) is 4.13. The van der Waals surface area contributed by atoms with Gasteiger partial charge < -0.3 is 0 Å². The first-order valence-corrected chi connectivity index (χ1v) is 5.94. The Hall–Kier alpha value is -1.33. The van der Waals surface area contributed by atoms with Crippen LogP contribution < -0.4 is 0 Å². The van der Waals surface area contributed by atoms with Gasteiger partial charge in [-0.25, -0.2) is 0 Å². The Bertz CT molecular complexity index is 348. The highest BCUT2D eigenvalue weighted by molar-refractivity contribution is 5.31. The summed E-state index contributed by atoms with van der Waals surface area (Å²) in [4.78, 5) is 2.45. The van der Waals surface area contributed by atoms with Gasteiger partial charge in [0.05, 0.1) is 11.6 Å². The Morgan fingerprint density at radius 3 is 2.31 bits per heavy atom. The van der Waals surface area contributed by atoms with Gasteiger partial charge in [-0.05, 0) is 37.6 Å². The summed E-state index contributed by atoms with van der Waals surface area (Å²) in [7, 11) is 0. The van der Waals surface area contributed by atoms with Crippen LogP contribution in [-0.4, -0.2) is 17.5 Å². The fourth-order valence-corrected chi connectivity index (χ4v) is 1.76. The summed E-state index contributed by atoms with van der Waals surface area (Å²) in [5.41, 5.74) is 2.01. The maximum Gasteiger partial charge on any atom is 0.0991 e. The molecular formula is C14H20N2. The van der Waals surface area contributed by atoms with Crippen LogP contribution in [0.2, 0.25) is 0 Å². The topological polar surface area (TPSA) is 27.0 Å². The number of hydrogen-bond acceptors (Lipinski definition) is 2. The van der Waals surface area contributed by atoms with Crippen LogP contribution in [0.15, 0.2) is 24.3 Å². The smallest absolute Gasteiger partial charge is 0.0991 e. The SMILES string of the molecule is CCC(C)N(CC)Cc1ccc(C#N)cc1. The van der Waals surface area contributed by atoms with Crippen molar-refractivity contribution in [1.82, 2.24) is 4.90 Å². The molecule has 1 rings (SSSR count). The van der Waals surface area contributed by atoms with Gasteiger partial charge in [-0.3, -0.25) is 4.90 Å². The second-order valence-corrected chi connectivity index (χ2v) is 4.13. The van der Waals surface area contributed by atoms with E-state index in [2.05, 4.69) is 31.7 Å². The average molecular weight is 216 g/mol. The van der Waals surface area contributed by atoms with Crippen molar-refractivity contribution in [2.45, 2.75) is 39.8 Å². The van der Waals surface area contributed by atoms with Crippen LogP contribution in [0.25, 0.3) is 0 Å². The second kappa shape index (κ2) is 6.30. The summed E-state index contributed by atoms with van der Waals surface area (Å²) in [5.74, 6) is 0. The van der Waals surface area contributed by atoms with Crippen molar-refractivity contribution in [3.8, 4) is 6.07 Å². The number of nitriles is 1. The Morgan fingerprint density at radius 1 is 1.25 bits per heavy atom. The van der Waals surface area contributed by atoms with Gasteiger partial charge in [0.2, 0.25) is 0 Å². The highest BCUT2D eigenvalue weighted by Crippen LogP contribution is 2.11. The summed E-state index contributed by atoms with van der Waals surface area (Å²) >= 11 is 0. The zero-order chi connectivity index (χ0) is 12.0.